The lowest BCUT2D eigenvalue weighted by Crippen LogP contribution is -2.13. The summed E-state index contributed by atoms with van der Waals surface area (Å²) < 4.78 is 26.9. The van der Waals surface area contributed by atoms with E-state index in [9.17, 15) is 8.42 Å². The number of nitrogens with two attached hydrogens (primary N) is 1. The van der Waals surface area contributed by atoms with Crippen molar-refractivity contribution < 1.29 is 8.42 Å². The lowest BCUT2D eigenvalue weighted by atomic mass is 10.2. The van der Waals surface area contributed by atoms with Crippen molar-refractivity contribution >= 4 is 27.0 Å². The van der Waals surface area contributed by atoms with E-state index in [2.05, 4.69) is 9.71 Å². The van der Waals surface area contributed by atoms with Crippen LogP contribution in [0.4, 0.5) is 5.69 Å². The van der Waals surface area contributed by atoms with Gasteiger partial charge in [0.05, 0.1) is 16.9 Å². The summed E-state index contributed by atoms with van der Waals surface area (Å²) in [6.07, 6.45) is 1.35. The molecule has 0 saturated carbocycles. The minimum absolute atomic E-state index is 0.201. The van der Waals surface area contributed by atoms with Crippen molar-refractivity contribution in [1.29, 1.82) is 0 Å². The van der Waals surface area contributed by atoms with Crippen LogP contribution in [-0.4, -0.2) is 13.4 Å². The second kappa shape index (κ2) is 5.05. The van der Waals surface area contributed by atoms with Crippen LogP contribution in [0.15, 0.2) is 34.7 Å². The van der Waals surface area contributed by atoms with Crippen molar-refractivity contribution in [3.05, 3.63) is 41.0 Å². The minimum Gasteiger partial charge on any atom is -0.326 e. The van der Waals surface area contributed by atoms with Crippen LogP contribution >= 0.6 is 11.3 Å². The predicted molar refractivity (Wildman–Crippen MR) is 72.0 cm³/mol. The molecule has 1 aromatic carbocycles. The third-order valence-electron chi connectivity index (χ3n) is 2.35. The van der Waals surface area contributed by atoms with Gasteiger partial charge in [0.15, 0.2) is 4.21 Å². The first kappa shape index (κ1) is 13.0. The van der Waals surface area contributed by atoms with Crippen molar-refractivity contribution in [2.24, 2.45) is 5.73 Å². The zero-order chi connectivity index (χ0) is 13.2. The second-order valence-electron chi connectivity index (χ2n) is 3.67. The molecule has 0 fully saturated rings. The molecule has 1 heterocycles. The fourth-order valence-corrected chi connectivity index (χ4v) is 3.67. The number of aryl methyl sites for hydroxylation is 1. The molecule has 0 amide bonds. The summed E-state index contributed by atoms with van der Waals surface area (Å²) in [5.41, 5.74) is 6.83. The van der Waals surface area contributed by atoms with Crippen LogP contribution in [0.25, 0.3) is 0 Å². The van der Waals surface area contributed by atoms with E-state index in [1.807, 2.05) is 6.07 Å². The lowest BCUT2D eigenvalue weighted by molar-refractivity contribution is 0.603. The molecule has 18 heavy (non-hydrogen) atoms. The van der Waals surface area contributed by atoms with Crippen LogP contribution in [0, 0.1) is 6.92 Å². The number of aromatic nitrogens is 1. The van der Waals surface area contributed by atoms with Crippen molar-refractivity contribution in [2.45, 2.75) is 17.7 Å². The maximum absolute atomic E-state index is 12.1. The first-order valence-electron chi connectivity index (χ1n) is 5.26. The van der Waals surface area contributed by atoms with Crippen LogP contribution in [-0.2, 0) is 16.6 Å². The highest BCUT2D eigenvalue weighted by atomic mass is 32.2. The highest BCUT2D eigenvalue weighted by Crippen LogP contribution is 2.23. The Bertz CT molecular complexity index is 650. The molecule has 7 heteroatoms. The third-order valence-corrected chi connectivity index (χ3v) is 5.09. The maximum Gasteiger partial charge on any atom is 0.273 e. The second-order valence-corrected chi connectivity index (χ2v) is 6.81. The number of para-hydroxylation sites is 1. The molecular formula is C11H13N3O2S2. The maximum atomic E-state index is 12.1. The number of hydrogen-bond donors (Lipinski definition) is 2. The summed E-state index contributed by atoms with van der Waals surface area (Å²) in [5.74, 6) is 0. The Hall–Kier alpha value is -1.44. The molecule has 3 N–H and O–H groups in total. The number of benzene rings is 1. The van der Waals surface area contributed by atoms with Crippen molar-refractivity contribution in [3.63, 3.8) is 0 Å². The average Bonchev–Trinajstić information content (AvgIpc) is 2.77. The first-order valence-corrected chi connectivity index (χ1v) is 7.56. The van der Waals surface area contributed by atoms with Crippen LogP contribution in [0.2, 0.25) is 0 Å². The van der Waals surface area contributed by atoms with Gasteiger partial charge in [0.1, 0.15) is 0 Å². The molecule has 0 radical (unpaired) electrons. The summed E-state index contributed by atoms with van der Waals surface area (Å²) in [4.78, 5) is 3.94. The molecule has 0 unspecified atom stereocenters. The minimum atomic E-state index is -3.57. The third kappa shape index (κ3) is 2.69. The van der Waals surface area contributed by atoms with E-state index in [-0.39, 0.29) is 10.8 Å². The van der Waals surface area contributed by atoms with Crippen molar-refractivity contribution in [2.75, 3.05) is 4.72 Å². The Morgan fingerprint density at radius 2 is 2.11 bits per heavy atom. The number of sulfonamides is 1. The van der Waals surface area contributed by atoms with Crippen LogP contribution in [0.1, 0.15) is 10.6 Å². The van der Waals surface area contributed by atoms with Gasteiger partial charge >= 0.3 is 0 Å². The Balaban J connectivity index is 2.33. The number of thiazole rings is 1. The van der Waals surface area contributed by atoms with Crippen LogP contribution in [0.3, 0.4) is 0 Å². The quantitative estimate of drug-likeness (QED) is 0.894. The highest BCUT2D eigenvalue weighted by molar-refractivity contribution is 7.94. The summed E-state index contributed by atoms with van der Waals surface area (Å²) in [6, 6.07) is 7.05. The average molecular weight is 283 g/mol. The number of nitrogens with one attached hydrogen (secondary N) is 1. The lowest BCUT2D eigenvalue weighted by Gasteiger charge is -2.09. The predicted octanol–water partition coefficient (Wildman–Crippen LogP) is 1.71. The molecule has 2 rings (SSSR count). The molecule has 0 bridgehead atoms. The SMILES string of the molecule is Cc1ncc(S(=O)(=O)Nc2ccccc2CN)s1. The molecule has 96 valence electrons. The van der Waals surface area contributed by atoms with Gasteiger partial charge in [-0.1, -0.05) is 18.2 Å². The molecule has 0 aliphatic heterocycles. The number of nitrogens with zero attached hydrogens (tertiary/aromatic N) is 1. The van der Waals surface area contributed by atoms with Gasteiger partial charge in [-0.15, -0.1) is 11.3 Å². The van der Waals surface area contributed by atoms with Gasteiger partial charge in [0.2, 0.25) is 0 Å². The first-order chi connectivity index (χ1) is 8.53. The van der Waals surface area contributed by atoms with Gasteiger partial charge in [0.25, 0.3) is 10.0 Å². The van der Waals surface area contributed by atoms with Gasteiger partial charge in [-0.25, -0.2) is 13.4 Å². The molecular weight excluding hydrogens is 270 g/mol. The van der Waals surface area contributed by atoms with Gasteiger partial charge in [0, 0.05) is 6.54 Å². The van der Waals surface area contributed by atoms with Crippen molar-refractivity contribution in [3.8, 4) is 0 Å². The van der Waals surface area contributed by atoms with E-state index >= 15 is 0 Å². The molecule has 0 atom stereocenters. The largest absolute Gasteiger partial charge is 0.326 e. The zero-order valence-corrected chi connectivity index (χ0v) is 11.4. The Kier molecular flexibility index (Phi) is 3.65. The number of rotatable bonds is 4. The Morgan fingerprint density at radius 3 is 2.72 bits per heavy atom. The standard InChI is InChI=1S/C11H13N3O2S2/c1-8-13-7-11(17-8)18(15,16)14-10-5-3-2-4-9(10)6-12/h2-5,7,14H,6,12H2,1H3. The van der Waals surface area contributed by atoms with Gasteiger partial charge in [-0.2, -0.15) is 0 Å². The fourth-order valence-electron chi connectivity index (χ4n) is 1.46. The number of anilines is 1. The van der Waals surface area contributed by atoms with Crippen LogP contribution in [0.5, 0.6) is 0 Å². The van der Waals surface area contributed by atoms with E-state index in [0.29, 0.717) is 10.7 Å². The molecule has 0 spiro atoms. The van der Waals surface area contributed by atoms with Crippen molar-refractivity contribution in [1.82, 2.24) is 4.98 Å². The smallest absolute Gasteiger partial charge is 0.273 e. The normalized spacial score (nSPS) is 11.4. The van der Waals surface area contributed by atoms with E-state index in [0.717, 1.165) is 16.9 Å². The molecule has 0 aliphatic rings. The van der Waals surface area contributed by atoms with E-state index < -0.39 is 10.0 Å². The zero-order valence-electron chi connectivity index (χ0n) is 9.75. The molecule has 2 aromatic rings. The van der Waals surface area contributed by atoms with Gasteiger partial charge < -0.3 is 5.73 Å². The monoisotopic (exact) mass is 283 g/mol. The van der Waals surface area contributed by atoms with E-state index in [4.69, 9.17) is 5.73 Å². The summed E-state index contributed by atoms with van der Waals surface area (Å²) in [5, 5.41) is 0.711. The Labute approximate surface area is 110 Å². The molecule has 0 saturated heterocycles. The molecule has 5 nitrogen and oxygen atoms in total. The molecule has 0 aliphatic carbocycles. The van der Waals surface area contributed by atoms with E-state index in [1.54, 1.807) is 25.1 Å². The van der Waals surface area contributed by atoms with Crippen LogP contribution < -0.4 is 10.5 Å². The molecule has 1 aromatic heterocycles. The fraction of sp³-hybridized carbons (Fsp3) is 0.182. The van der Waals surface area contributed by atoms with Gasteiger partial charge in [-0.05, 0) is 18.6 Å². The van der Waals surface area contributed by atoms with E-state index in [1.165, 1.54) is 6.20 Å². The Morgan fingerprint density at radius 1 is 1.39 bits per heavy atom. The van der Waals surface area contributed by atoms with Gasteiger partial charge in [-0.3, -0.25) is 4.72 Å². The number of hydrogen-bond acceptors (Lipinski definition) is 5. The highest BCUT2D eigenvalue weighted by Gasteiger charge is 2.18. The summed E-state index contributed by atoms with van der Waals surface area (Å²) >= 11 is 1.13. The summed E-state index contributed by atoms with van der Waals surface area (Å²) in [7, 11) is -3.57. The summed E-state index contributed by atoms with van der Waals surface area (Å²) in [6.45, 7) is 2.04. The topological polar surface area (TPSA) is 85.1 Å².